The van der Waals surface area contributed by atoms with Crippen LogP contribution in [0.4, 0.5) is 0 Å². The average Bonchev–Trinajstić information content (AvgIpc) is 2.66. The third kappa shape index (κ3) is 5.25. The molecule has 2 aromatic carbocycles. The van der Waals surface area contributed by atoms with Crippen LogP contribution in [0.25, 0.3) is 22.3 Å². The molecule has 0 amide bonds. The van der Waals surface area contributed by atoms with Crippen LogP contribution >= 0.6 is 11.6 Å². The van der Waals surface area contributed by atoms with Crippen molar-refractivity contribution in [2.45, 2.75) is 13.8 Å². The lowest BCUT2D eigenvalue weighted by molar-refractivity contribution is -0.896. The van der Waals surface area contributed by atoms with Gasteiger partial charge in [0.15, 0.2) is 5.43 Å². The lowest BCUT2D eigenvalue weighted by Crippen LogP contribution is -3.12. The Kier molecular flexibility index (Phi) is 7.72. The lowest BCUT2D eigenvalue weighted by atomic mass is 10.1. The van der Waals surface area contributed by atoms with Crippen molar-refractivity contribution >= 4 is 22.6 Å². The third-order valence-corrected chi connectivity index (χ3v) is 4.79. The van der Waals surface area contributed by atoms with Crippen molar-refractivity contribution in [3.63, 3.8) is 0 Å². The first-order chi connectivity index (χ1) is 12.6. The van der Waals surface area contributed by atoms with Crippen molar-refractivity contribution in [3.05, 3.63) is 63.8 Å². The van der Waals surface area contributed by atoms with Crippen LogP contribution in [-0.2, 0) is 0 Å². The second-order valence-corrected chi connectivity index (χ2v) is 6.63. The summed E-state index contributed by atoms with van der Waals surface area (Å²) in [6.45, 7) is 8.23. The van der Waals surface area contributed by atoms with Gasteiger partial charge in [-0.25, -0.2) is 0 Å². The molecule has 0 fully saturated rings. The van der Waals surface area contributed by atoms with E-state index in [1.165, 1.54) is 11.0 Å². The SMILES string of the molecule is CC[NH+](CC)CCOc1ccc(-c2cc(=O)c3cc(Cl)ccc3o2)cc1.[Cl-]. The van der Waals surface area contributed by atoms with Crippen LogP contribution in [0.5, 0.6) is 5.75 Å². The molecule has 4 nitrogen and oxygen atoms in total. The minimum atomic E-state index is -0.105. The number of ether oxygens (including phenoxy) is 1. The maximum absolute atomic E-state index is 12.3. The van der Waals surface area contributed by atoms with Gasteiger partial charge in [-0.2, -0.15) is 0 Å². The summed E-state index contributed by atoms with van der Waals surface area (Å²) in [4.78, 5) is 13.8. The van der Waals surface area contributed by atoms with E-state index < -0.39 is 0 Å². The molecular formula is C21H23Cl2NO3. The molecule has 3 aromatic rings. The Morgan fingerprint density at radius 1 is 1.04 bits per heavy atom. The predicted molar refractivity (Wildman–Crippen MR) is 105 cm³/mol. The molecule has 0 radical (unpaired) electrons. The largest absolute Gasteiger partial charge is 1.00 e. The zero-order valence-electron chi connectivity index (χ0n) is 15.4. The van der Waals surface area contributed by atoms with E-state index in [4.69, 9.17) is 20.8 Å². The van der Waals surface area contributed by atoms with Crippen molar-refractivity contribution in [3.8, 4) is 17.1 Å². The van der Waals surface area contributed by atoms with Crippen molar-refractivity contribution in [1.29, 1.82) is 0 Å². The molecule has 3 rings (SSSR count). The van der Waals surface area contributed by atoms with Crippen molar-refractivity contribution in [1.82, 2.24) is 0 Å². The first-order valence-electron chi connectivity index (χ1n) is 8.91. The van der Waals surface area contributed by atoms with Crippen LogP contribution in [0.2, 0.25) is 5.02 Å². The Morgan fingerprint density at radius 2 is 1.74 bits per heavy atom. The molecule has 0 saturated heterocycles. The molecule has 27 heavy (non-hydrogen) atoms. The Balaban J connectivity index is 0.00000261. The number of halogens is 2. The highest BCUT2D eigenvalue weighted by Gasteiger charge is 2.08. The molecule has 0 spiro atoms. The van der Waals surface area contributed by atoms with E-state index in [-0.39, 0.29) is 17.8 Å². The van der Waals surface area contributed by atoms with Crippen molar-refractivity contribution in [2.75, 3.05) is 26.2 Å². The standard InChI is InChI=1S/C21H22ClNO3.ClH/c1-3-23(4-2)11-12-25-17-8-5-15(6-9-17)21-14-19(24)18-13-16(22)7-10-20(18)26-21;/h5-10,13-14H,3-4,11-12H2,1-2H3;1H. The number of fused-ring (bicyclic) bond motifs is 1. The summed E-state index contributed by atoms with van der Waals surface area (Å²) in [5.74, 6) is 1.35. The summed E-state index contributed by atoms with van der Waals surface area (Å²) in [5.41, 5.74) is 1.26. The van der Waals surface area contributed by atoms with Crippen LogP contribution in [0.15, 0.2) is 57.7 Å². The number of likely N-dealkylation sites (N-methyl/N-ethyl adjacent to an activating group) is 1. The molecule has 0 aliphatic heterocycles. The number of rotatable bonds is 7. The Morgan fingerprint density at radius 3 is 2.41 bits per heavy atom. The molecule has 1 aromatic heterocycles. The van der Waals surface area contributed by atoms with Crippen LogP contribution in [0.3, 0.4) is 0 Å². The molecule has 144 valence electrons. The molecule has 0 unspecified atom stereocenters. The van der Waals surface area contributed by atoms with E-state index >= 15 is 0 Å². The van der Waals surface area contributed by atoms with Gasteiger partial charge < -0.3 is 26.5 Å². The fourth-order valence-electron chi connectivity index (χ4n) is 2.90. The minimum absolute atomic E-state index is 0. The van der Waals surface area contributed by atoms with Gasteiger partial charge in [-0.15, -0.1) is 0 Å². The van der Waals surface area contributed by atoms with Crippen molar-refractivity contribution < 1.29 is 26.5 Å². The normalized spacial score (nSPS) is 10.8. The Labute approximate surface area is 170 Å². The molecule has 0 bridgehead atoms. The molecule has 0 saturated carbocycles. The molecule has 6 heteroatoms. The van der Waals surface area contributed by atoms with Gasteiger partial charge in [-0.1, -0.05) is 11.6 Å². The number of hydrogen-bond acceptors (Lipinski definition) is 3. The van der Waals surface area contributed by atoms with Crippen LogP contribution in [0, 0.1) is 0 Å². The minimum Gasteiger partial charge on any atom is -1.00 e. The fourth-order valence-corrected chi connectivity index (χ4v) is 3.08. The van der Waals surface area contributed by atoms with E-state index in [0.717, 1.165) is 30.9 Å². The summed E-state index contributed by atoms with van der Waals surface area (Å²) < 4.78 is 11.7. The maximum Gasteiger partial charge on any atom is 0.193 e. The number of hydrogen-bond donors (Lipinski definition) is 1. The van der Waals surface area contributed by atoms with Gasteiger partial charge in [0.1, 0.15) is 30.2 Å². The van der Waals surface area contributed by atoms with Gasteiger partial charge in [0, 0.05) is 16.7 Å². The molecule has 1 N–H and O–H groups in total. The van der Waals surface area contributed by atoms with Gasteiger partial charge in [-0.3, -0.25) is 4.79 Å². The van der Waals surface area contributed by atoms with Gasteiger partial charge in [0.2, 0.25) is 0 Å². The highest BCUT2D eigenvalue weighted by molar-refractivity contribution is 6.31. The first-order valence-corrected chi connectivity index (χ1v) is 9.28. The van der Waals surface area contributed by atoms with E-state index in [2.05, 4.69) is 13.8 Å². The Bertz CT molecular complexity index is 934. The monoisotopic (exact) mass is 407 g/mol. The van der Waals surface area contributed by atoms with E-state index in [9.17, 15) is 4.79 Å². The highest BCUT2D eigenvalue weighted by Crippen LogP contribution is 2.25. The van der Waals surface area contributed by atoms with E-state index in [1.807, 2.05) is 24.3 Å². The smallest absolute Gasteiger partial charge is 0.193 e. The molecular weight excluding hydrogens is 385 g/mol. The molecule has 0 aliphatic carbocycles. The van der Waals surface area contributed by atoms with Crippen LogP contribution in [-0.4, -0.2) is 26.2 Å². The number of quaternary nitrogens is 1. The van der Waals surface area contributed by atoms with Gasteiger partial charge in [0.05, 0.1) is 18.5 Å². The zero-order valence-corrected chi connectivity index (χ0v) is 16.9. The summed E-state index contributed by atoms with van der Waals surface area (Å²) in [6.07, 6.45) is 0. The number of nitrogens with one attached hydrogen (secondary N) is 1. The second kappa shape index (κ2) is 9.79. The quantitative estimate of drug-likeness (QED) is 0.617. The van der Waals surface area contributed by atoms with E-state index in [1.54, 1.807) is 18.2 Å². The summed E-state index contributed by atoms with van der Waals surface area (Å²) in [7, 11) is 0. The lowest BCUT2D eigenvalue weighted by Gasteiger charge is -2.15. The number of benzene rings is 2. The van der Waals surface area contributed by atoms with Crippen LogP contribution < -0.4 is 27.5 Å². The maximum atomic E-state index is 12.3. The second-order valence-electron chi connectivity index (χ2n) is 6.20. The van der Waals surface area contributed by atoms with Gasteiger partial charge in [0.25, 0.3) is 0 Å². The average molecular weight is 408 g/mol. The predicted octanol–water partition coefficient (Wildman–Crippen LogP) is 0.421. The van der Waals surface area contributed by atoms with Crippen molar-refractivity contribution in [2.24, 2.45) is 0 Å². The Hall–Kier alpha value is -2.01. The van der Waals surface area contributed by atoms with Crippen LogP contribution in [0.1, 0.15) is 13.8 Å². The summed E-state index contributed by atoms with van der Waals surface area (Å²) in [5, 5.41) is 1.01. The zero-order chi connectivity index (χ0) is 18.5. The van der Waals surface area contributed by atoms with Gasteiger partial charge in [-0.05, 0) is 56.3 Å². The molecule has 0 aliphatic rings. The fraction of sp³-hybridized carbons (Fsp3) is 0.286. The summed E-state index contributed by atoms with van der Waals surface area (Å²) in [6, 6.07) is 14.2. The summed E-state index contributed by atoms with van der Waals surface area (Å²) >= 11 is 5.95. The highest BCUT2D eigenvalue weighted by atomic mass is 35.5. The first kappa shape index (κ1) is 21.3. The van der Waals surface area contributed by atoms with E-state index in [0.29, 0.717) is 28.4 Å². The third-order valence-electron chi connectivity index (χ3n) is 4.55. The van der Waals surface area contributed by atoms with Gasteiger partial charge >= 0.3 is 0 Å². The topological polar surface area (TPSA) is 43.9 Å². The molecule has 0 atom stereocenters. The molecule has 1 heterocycles.